The van der Waals surface area contributed by atoms with Gasteiger partial charge in [0, 0.05) is 12.2 Å². The lowest BCUT2D eigenvalue weighted by Gasteiger charge is -2.12. The number of carbonyl (C=O) groups is 1. The third-order valence-corrected chi connectivity index (χ3v) is 6.32. The number of hydrogen-bond acceptors (Lipinski definition) is 5. The van der Waals surface area contributed by atoms with Crippen LogP contribution in [0.25, 0.3) is 16.7 Å². The van der Waals surface area contributed by atoms with Gasteiger partial charge >= 0.3 is 0 Å². The van der Waals surface area contributed by atoms with Gasteiger partial charge in [-0.3, -0.25) is 18.6 Å². The normalized spacial score (nSPS) is 11.5. The second kappa shape index (κ2) is 9.56. The molecule has 0 aliphatic heterocycles. The van der Waals surface area contributed by atoms with Gasteiger partial charge in [-0.15, -0.1) is 10.2 Å². The highest BCUT2D eigenvalue weighted by molar-refractivity contribution is 7.99. The van der Waals surface area contributed by atoms with E-state index in [4.69, 9.17) is 0 Å². The number of nitrogens with zero attached hydrogens (tertiary/aromatic N) is 4. The van der Waals surface area contributed by atoms with Crippen LogP contribution in [-0.2, 0) is 17.8 Å². The molecule has 4 aromatic rings. The zero-order chi connectivity index (χ0) is 22.7. The maximum atomic E-state index is 13.1. The van der Waals surface area contributed by atoms with Crippen molar-refractivity contribution in [2.75, 3.05) is 11.1 Å². The SMILES string of the molecule is CCc1ccc(NC(=O)CSc2nnc3n(CCC(C)C)c(=O)c4ccccc4n23)cc1. The Kier molecular flexibility index (Phi) is 6.60. The molecular weight excluding hydrogens is 422 g/mol. The number of rotatable bonds is 8. The van der Waals surface area contributed by atoms with Crippen molar-refractivity contribution in [2.45, 2.75) is 45.3 Å². The van der Waals surface area contributed by atoms with Gasteiger partial charge < -0.3 is 5.32 Å². The van der Waals surface area contributed by atoms with Gasteiger partial charge in [-0.2, -0.15) is 0 Å². The number of fused-ring (bicyclic) bond motifs is 3. The first-order valence-electron chi connectivity index (χ1n) is 10.9. The molecule has 0 fully saturated rings. The molecule has 0 aliphatic carbocycles. The molecule has 1 N–H and O–H groups in total. The molecule has 0 saturated heterocycles. The summed E-state index contributed by atoms with van der Waals surface area (Å²) in [5.74, 6) is 1.04. The number of carbonyl (C=O) groups excluding carboxylic acids is 1. The van der Waals surface area contributed by atoms with Crippen LogP contribution in [0.4, 0.5) is 5.69 Å². The summed E-state index contributed by atoms with van der Waals surface area (Å²) in [4.78, 5) is 25.6. The Morgan fingerprint density at radius 2 is 1.84 bits per heavy atom. The van der Waals surface area contributed by atoms with Crippen molar-refractivity contribution in [1.82, 2.24) is 19.2 Å². The lowest BCUT2D eigenvalue weighted by atomic mass is 10.1. The molecule has 2 heterocycles. The molecule has 4 rings (SSSR count). The van der Waals surface area contributed by atoms with Crippen molar-refractivity contribution in [3.63, 3.8) is 0 Å². The number of aromatic nitrogens is 4. The largest absolute Gasteiger partial charge is 0.325 e. The van der Waals surface area contributed by atoms with Crippen LogP contribution in [-0.4, -0.2) is 30.8 Å². The summed E-state index contributed by atoms with van der Waals surface area (Å²) in [6.45, 7) is 6.92. The minimum Gasteiger partial charge on any atom is -0.325 e. The van der Waals surface area contributed by atoms with Crippen LogP contribution < -0.4 is 10.9 Å². The number of hydrogen-bond donors (Lipinski definition) is 1. The van der Waals surface area contributed by atoms with Gasteiger partial charge in [0.05, 0.1) is 16.7 Å². The number of aryl methyl sites for hydroxylation is 2. The number of para-hydroxylation sites is 1. The van der Waals surface area contributed by atoms with Crippen molar-refractivity contribution in [3.8, 4) is 0 Å². The summed E-state index contributed by atoms with van der Waals surface area (Å²) in [6.07, 6.45) is 1.82. The highest BCUT2D eigenvalue weighted by Crippen LogP contribution is 2.22. The molecule has 2 aromatic carbocycles. The van der Waals surface area contributed by atoms with Gasteiger partial charge in [0.2, 0.25) is 11.7 Å². The molecule has 32 heavy (non-hydrogen) atoms. The second-order valence-corrected chi connectivity index (χ2v) is 9.10. The Morgan fingerprint density at radius 1 is 1.09 bits per heavy atom. The van der Waals surface area contributed by atoms with Crippen LogP contribution in [0.2, 0.25) is 0 Å². The second-order valence-electron chi connectivity index (χ2n) is 8.16. The van der Waals surface area contributed by atoms with E-state index >= 15 is 0 Å². The lowest BCUT2D eigenvalue weighted by molar-refractivity contribution is -0.113. The molecule has 0 saturated carbocycles. The summed E-state index contributed by atoms with van der Waals surface area (Å²) >= 11 is 1.31. The van der Waals surface area contributed by atoms with E-state index in [1.165, 1.54) is 17.3 Å². The van der Waals surface area contributed by atoms with Crippen molar-refractivity contribution >= 4 is 40.0 Å². The quantitative estimate of drug-likeness (QED) is 0.404. The monoisotopic (exact) mass is 449 g/mol. The highest BCUT2D eigenvalue weighted by Gasteiger charge is 2.17. The van der Waals surface area contributed by atoms with Crippen molar-refractivity contribution in [2.24, 2.45) is 5.92 Å². The van der Waals surface area contributed by atoms with E-state index < -0.39 is 0 Å². The summed E-state index contributed by atoms with van der Waals surface area (Å²) in [7, 11) is 0. The highest BCUT2D eigenvalue weighted by atomic mass is 32.2. The molecule has 0 aliphatic rings. The number of nitrogens with one attached hydrogen (secondary N) is 1. The van der Waals surface area contributed by atoms with E-state index in [1.54, 1.807) is 4.57 Å². The first-order valence-corrected chi connectivity index (χ1v) is 11.8. The van der Waals surface area contributed by atoms with Crippen LogP contribution in [0.5, 0.6) is 0 Å². The molecule has 0 radical (unpaired) electrons. The summed E-state index contributed by atoms with van der Waals surface area (Å²) < 4.78 is 3.57. The maximum Gasteiger partial charge on any atom is 0.262 e. The van der Waals surface area contributed by atoms with Crippen LogP contribution >= 0.6 is 11.8 Å². The van der Waals surface area contributed by atoms with Gasteiger partial charge in [0.25, 0.3) is 5.56 Å². The van der Waals surface area contributed by atoms with E-state index in [9.17, 15) is 9.59 Å². The topological polar surface area (TPSA) is 81.3 Å². The van der Waals surface area contributed by atoms with Gasteiger partial charge in [0.1, 0.15) is 0 Å². The van der Waals surface area contributed by atoms with Crippen molar-refractivity contribution < 1.29 is 4.79 Å². The Labute approximate surface area is 190 Å². The van der Waals surface area contributed by atoms with Crippen LogP contribution in [0.15, 0.2) is 58.5 Å². The Bertz CT molecular complexity index is 1310. The van der Waals surface area contributed by atoms with E-state index in [2.05, 4.69) is 36.3 Å². The van der Waals surface area contributed by atoms with Gasteiger partial charge in [-0.25, -0.2) is 0 Å². The van der Waals surface area contributed by atoms with Gasteiger partial charge in [-0.05, 0) is 48.6 Å². The van der Waals surface area contributed by atoms with Gasteiger partial charge in [-0.1, -0.05) is 56.8 Å². The molecule has 0 bridgehead atoms. The van der Waals surface area contributed by atoms with E-state index in [0.29, 0.717) is 28.8 Å². The standard InChI is InChI=1S/C24H27N5O2S/c1-4-17-9-11-18(12-10-17)25-21(30)15-32-24-27-26-23-28(14-13-16(2)3)22(31)19-7-5-6-8-20(19)29(23)24/h5-12,16H,4,13-15H2,1-3H3,(H,25,30). The molecule has 0 spiro atoms. The summed E-state index contributed by atoms with van der Waals surface area (Å²) in [6, 6.07) is 15.3. The Hall–Kier alpha value is -3.13. The average Bonchev–Trinajstić information content (AvgIpc) is 3.22. The first-order chi connectivity index (χ1) is 15.5. The van der Waals surface area contributed by atoms with Gasteiger partial charge in [0.15, 0.2) is 5.16 Å². The van der Waals surface area contributed by atoms with E-state index in [0.717, 1.165) is 24.0 Å². The molecule has 8 heteroatoms. The lowest BCUT2D eigenvalue weighted by Crippen LogP contribution is -2.24. The number of amides is 1. The fourth-order valence-corrected chi connectivity index (χ4v) is 4.31. The molecule has 2 aromatic heterocycles. The summed E-state index contributed by atoms with van der Waals surface area (Å²) in [5, 5.41) is 12.8. The zero-order valence-electron chi connectivity index (χ0n) is 18.5. The molecule has 0 atom stereocenters. The molecule has 166 valence electrons. The van der Waals surface area contributed by atoms with Crippen molar-refractivity contribution in [1.29, 1.82) is 0 Å². The predicted octanol–water partition coefficient (Wildman–Crippen LogP) is 4.38. The first kappa shape index (κ1) is 22.1. The Morgan fingerprint density at radius 3 is 2.56 bits per heavy atom. The third kappa shape index (κ3) is 4.55. The van der Waals surface area contributed by atoms with Crippen molar-refractivity contribution in [3.05, 3.63) is 64.4 Å². The minimum atomic E-state index is -0.117. The molecule has 7 nitrogen and oxygen atoms in total. The van der Waals surface area contributed by atoms with Crippen LogP contribution in [0, 0.1) is 5.92 Å². The van der Waals surface area contributed by atoms with E-state index in [1.807, 2.05) is 52.9 Å². The summed E-state index contributed by atoms with van der Waals surface area (Å²) in [5.41, 5.74) is 2.68. The maximum absolute atomic E-state index is 13.1. The average molecular weight is 450 g/mol. The molecule has 0 unspecified atom stereocenters. The minimum absolute atomic E-state index is 0.0639. The predicted molar refractivity (Wildman–Crippen MR) is 129 cm³/mol. The molecular formula is C24H27N5O2S. The van der Waals surface area contributed by atoms with Crippen LogP contribution in [0.3, 0.4) is 0 Å². The smallest absolute Gasteiger partial charge is 0.262 e. The van der Waals surface area contributed by atoms with Crippen LogP contribution in [0.1, 0.15) is 32.8 Å². The fourth-order valence-electron chi connectivity index (χ4n) is 3.57. The molecule has 1 amide bonds. The number of anilines is 1. The zero-order valence-corrected chi connectivity index (χ0v) is 19.4. The third-order valence-electron chi connectivity index (χ3n) is 5.39. The number of thioether (sulfide) groups is 1. The Balaban J connectivity index is 1.61. The van der Waals surface area contributed by atoms with E-state index in [-0.39, 0.29) is 17.2 Å². The number of benzene rings is 2. The fraction of sp³-hybridized carbons (Fsp3) is 0.333.